The Bertz CT molecular complexity index is 609. The van der Waals surface area contributed by atoms with Crippen LogP contribution in [0, 0.1) is 0 Å². The Hall–Kier alpha value is -2.49. The van der Waals surface area contributed by atoms with Crippen molar-refractivity contribution in [1.29, 1.82) is 0 Å². The molecule has 0 aliphatic heterocycles. The van der Waals surface area contributed by atoms with Gasteiger partial charge in [0.15, 0.2) is 0 Å². The van der Waals surface area contributed by atoms with Gasteiger partial charge in [-0.1, -0.05) is 25.1 Å². The number of aryl methyl sites for hydroxylation is 1. The summed E-state index contributed by atoms with van der Waals surface area (Å²) in [4.78, 5) is 12.1. The van der Waals surface area contributed by atoms with Crippen molar-refractivity contribution in [3.8, 4) is 5.75 Å². The van der Waals surface area contributed by atoms with Crippen LogP contribution < -0.4 is 11.1 Å². The number of carbonyl (C=O) groups excluding carboxylic acids is 1. The van der Waals surface area contributed by atoms with Gasteiger partial charge in [0.1, 0.15) is 5.75 Å². The fourth-order valence-electron chi connectivity index (χ4n) is 1.88. The second kappa shape index (κ2) is 5.44. The van der Waals surface area contributed by atoms with Crippen LogP contribution in [-0.4, -0.2) is 11.0 Å². The highest BCUT2D eigenvalue weighted by Crippen LogP contribution is 2.22. The van der Waals surface area contributed by atoms with Gasteiger partial charge in [0, 0.05) is 11.4 Å². The number of hydrogen-bond acceptors (Lipinski definition) is 3. The summed E-state index contributed by atoms with van der Waals surface area (Å²) in [6, 6.07) is 12.0. The van der Waals surface area contributed by atoms with Gasteiger partial charge >= 0.3 is 0 Å². The van der Waals surface area contributed by atoms with Crippen LogP contribution in [-0.2, 0) is 6.42 Å². The minimum Gasteiger partial charge on any atom is -0.507 e. The lowest BCUT2D eigenvalue weighted by atomic mass is 10.1. The number of phenolic OH excluding ortho intramolecular Hbond substituents is 1. The van der Waals surface area contributed by atoms with E-state index in [1.165, 1.54) is 12.1 Å². The van der Waals surface area contributed by atoms with Gasteiger partial charge in [0.25, 0.3) is 5.91 Å². The summed E-state index contributed by atoms with van der Waals surface area (Å²) in [5.74, 6) is -0.452. The Morgan fingerprint density at radius 3 is 2.74 bits per heavy atom. The van der Waals surface area contributed by atoms with Gasteiger partial charge in [0.05, 0.1) is 5.56 Å². The van der Waals surface area contributed by atoms with E-state index < -0.39 is 0 Å². The first-order chi connectivity index (χ1) is 9.11. The maximum Gasteiger partial charge on any atom is 0.259 e. The maximum atomic E-state index is 12.1. The Morgan fingerprint density at radius 2 is 2.00 bits per heavy atom. The van der Waals surface area contributed by atoms with E-state index in [1.54, 1.807) is 6.07 Å². The zero-order valence-electron chi connectivity index (χ0n) is 10.7. The number of aromatic hydroxyl groups is 1. The van der Waals surface area contributed by atoms with Gasteiger partial charge < -0.3 is 16.2 Å². The normalized spacial score (nSPS) is 10.2. The average molecular weight is 256 g/mol. The fraction of sp³-hybridized carbons (Fsp3) is 0.133. The predicted octanol–water partition coefficient (Wildman–Crippen LogP) is 2.79. The van der Waals surface area contributed by atoms with E-state index in [9.17, 15) is 9.90 Å². The second-order valence-electron chi connectivity index (χ2n) is 4.24. The van der Waals surface area contributed by atoms with Crippen LogP contribution in [0.1, 0.15) is 22.8 Å². The van der Waals surface area contributed by atoms with Crippen LogP contribution in [0.3, 0.4) is 0 Å². The third-order valence-corrected chi connectivity index (χ3v) is 2.91. The highest BCUT2D eigenvalue weighted by atomic mass is 16.3. The van der Waals surface area contributed by atoms with Gasteiger partial charge in [-0.3, -0.25) is 4.79 Å². The first-order valence-electron chi connectivity index (χ1n) is 6.09. The van der Waals surface area contributed by atoms with E-state index in [1.807, 2.05) is 31.2 Å². The SMILES string of the molecule is CCc1ccccc1NC(=O)c1cc(N)ccc1O. The number of para-hydroxylation sites is 1. The molecule has 0 fully saturated rings. The molecule has 4 nitrogen and oxygen atoms in total. The molecule has 0 aliphatic rings. The molecule has 4 heteroatoms. The molecule has 0 bridgehead atoms. The summed E-state index contributed by atoms with van der Waals surface area (Å²) in [5, 5.41) is 12.5. The number of rotatable bonds is 3. The molecular weight excluding hydrogens is 240 g/mol. The summed E-state index contributed by atoms with van der Waals surface area (Å²) < 4.78 is 0. The maximum absolute atomic E-state index is 12.1. The summed E-state index contributed by atoms with van der Waals surface area (Å²) in [6.45, 7) is 2.02. The number of carbonyl (C=O) groups is 1. The molecule has 0 aliphatic carbocycles. The molecule has 19 heavy (non-hydrogen) atoms. The van der Waals surface area contributed by atoms with Crippen molar-refractivity contribution in [2.24, 2.45) is 0 Å². The molecule has 1 amide bonds. The zero-order chi connectivity index (χ0) is 13.8. The topological polar surface area (TPSA) is 75.4 Å². The average Bonchev–Trinajstić information content (AvgIpc) is 2.42. The van der Waals surface area contributed by atoms with Crippen molar-refractivity contribution in [1.82, 2.24) is 0 Å². The lowest BCUT2D eigenvalue weighted by Crippen LogP contribution is -2.13. The van der Waals surface area contributed by atoms with Gasteiger partial charge in [-0.05, 0) is 36.2 Å². The van der Waals surface area contributed by atoms with Crippen LogP contribution in [0.5, 0.6) is 5.75 Å². The number of amides is 1. The van der Waals surface area contributed by atoms with Crippen molar-refractivity contribution in [2.75, 3.05) is 11.1 Å². The Labute approximate surface area is 111 Å². The number of benzene rings is 2. The minimum atomic E-state index is -0.370. The molecule has 98 valence electrons. The molecule has 0 radical (unpaired) electrons. The van der Waals surface area contributed by atoms with Crippen LogP contribution in [0.2, 0.25) is 0 Å². The summed E-state index contributed by atoms with van der Waals surface area (Å²) in [6.07, 6.45) is 0.819. The van der Waals surface area contributed by atoms with E-state index in [0.717, 1.165) is 17.7 Å². The van der Waals surface area contributed by atoms with Crippen LogP contribution >= 0.6 is 0 Å². The van der Waals surface area contributed by atoms with Crippen molar-refractivity contribution >= 4 is 17.3 Å². The standard InChI is InChI=1S/C15H16N2O2/c1-2-10-5-3-4-6-13(10)17-15(19)12-9-11(16)7-8-14(12)18/h3-9,18H,2,16H2,1H3,(H,17,19). The molecule has 0 spiro atoms. The monoisotopic (exact) mass is 256 g/mol. The van der Waals surface area contributed by atoms with E-state index in [-0.39, 0.29) is 17.2 Å². The number of nitrogens with two attached hydrogens (primary N) is 1. The molecule has 2 aromatic carbocycles. The van der Waals surface area contributed by atoms with Crippen LogP contribution in [0.25, 0.3) is 0 Å². The quantitative estimate of drug-likeness (QED) is 0.584. The molecule has 0 atom stereocenters. The van der Waals surface area contributed by atoms with Crippen LogP contribution in [0.15, 0.2) is 42.5 Å². The van der Waals surface area contributed by atoms with E-state index >= 15 is 0 Å². The van der Waals surface area contributed by atoms with E-state index in [4.69, 9.17) is 5.73 Å². The van der Waals surface area contributed by atoms with Crippen molar-refractivity contribution in [3.63, 3.8) is 0 Å². The summed E-state index contributed by atoms with van der Waals surface area (Å²) in [7, 11) is 0. The molecule has 0 aromatic heterocycles. The van der Waals surface area contributed by atoms with Crippen molar-refractivity contribution in [3.05, 3.63) is 53.6 Å². The molecule has 2 rings (SSSR count). The first kappa shape index (κ1) is 13.0. The number of hydrogen-bond donors (Lipinski definition) is 3. The van der Waals surface area contributed by atoms with E-state index in [0.29, 0.717) is 5.69 Å². The van der Waals surface area contributed by atoms with Crippen LogP contribution in [0.4, 0.5) is 11.4 Å². The van der Waals surface area contributed by atoms with Gasteiger partial charge in [0.2, 0.25) is 0 Å². The summed E-state index contributed by atoms with van der Waals surface area (Å²) >= 11 is 0. The molecule has 4 N–H and O–H groups in total. The third-order valence-electron chi connectivity index (χ3n) is 2.91. The number of nitrogen functional groups attached to an aromatic ring is 1. The Balaban J connectivity index is 2.28. The first-order valence-corrected chi connectivity index (χ1v) is 6.09. The zero-order valence-corrected chi connectivity index (χ0v) is 10.7. The number of phenols is 1. The molecular formula is C15H16N2O2. The number of nitrogens with one attached hydrogen (secondary N) is 1. The van der Waals surface area contributed by atoms with Crippen molar-refractivity contribution < 1.29 is 9.90 Å². The largest absolute Gasteiger partial charge is 0.507 e. The number of anilines is 2. The fourth-order valence-corrected chi connectivity index (χ4v) is 1.88. The van der Waals surface area contributed by atoms with Gasteiger partial charge in [-0.2, -0.15) is 0 Å². The third kappa shape index (κ3) is 2.85. The van der Waals surface area contributed by atoms with E-state index in [2.05, 4.69) is 5.32 Å². The summed E-state index contributed by atoms with van der Waals surface area (Å²) in [5.41, 5.74) is 8.02. The highest BCUT2D eigenvalue weighted by Gasteiger charge is 2.12. The lowest BCUT2D eigenvalue weighted by Gasteiger charge is -2.10. The highest BCUT2D eigenvalue weighted by molar-refractivity contribution is 6.07. The molecule has 0 unspecified atom stereocenters. The predicted molar refractivity (Wildman–Crippen MR) is 76.3 cm³/mol. The van der Waals surface area contributed by atoms with Crippen molar-refractivity contribution in [2.45, 2.75) is 13.3 Å². The Kier molecular flexibility index (Phi) is 3.71. The smallest absolute Gasteiger partial charge is 0.259 e. The molecule has 0 saturated carbocycles. The molecule has 2 aromatic rings. The van der Waals surface area contributed by atoms with Gasteiger partial charge in [-0.15, -0.1) is 0 Å². The lowest BCUT2D eigenvalue weighted by molar-refractivity contribution is 0.102. The molecule has 0 saturated heterocycles. The second-order valence-corrected chi connectivity index (χ2v) is 4.24. The minimum absolute atomic E-state index is 0.0827. The molecule has 0 heterocycles. The Morgan fingerprint density at radius 1 is 1.26 bits per heavy atom. The van der Waals surface area contributed by atoms with Gasteiger partial charge in [-0.25, -0.2) is 0 Å².